The number of hydrogen-bond acceptors (Lipinski definition) is 5. The maximum absolute atomic E-state index is 12.6. The molecule has 0 saturated carbocycles. The van der Waals surface area contributed by atoms with Gasteiger partial charge in [-0.1, -0.05) is 28.1 Å². The van der Waals surface area contributed by atoms with Crippen molar-refractivity contribution >= 4 is 44.1 Å². The molecule has 2 amide bonds. The summed E-state index contributed by atoms with van der Waals surface area (Å²) in [6, 6.07) is 9.26. The van der Waals surface area contributed by atoms with Gasteiger partial charge in [-0.2, -0.15) is 0 Å². The molecule has 0 aliphatic carbocycles. The highest BCUT2D eigenvalue weighted by Gasteiger charge is 2.29. The van der Waals surface area contributed by atoms with E-state index >= 15 is 0 Å². The molecule has 2 heterocycles. The highest BCUT2D eigenvalue weighted by molar-refractivity contribution is 9.10. The quantitative estimate of drug-likeness (QED) is 0.752. The van der Waals surface area contributed by atoms with Gasteiger partial charge in [-0.3, -0.25) is 14.5 Å². The van der Waals surface area contributed by atoms with Crippen molar-refractivity contribution in [3.05, 3.63) is 51.3 Å². The fraction of sp³-hybridized carbons (Fsp3) is 0.333. The highest BCUT2D eigenvalue weighted by atomic mass is 79.9. The van der Waals surface area contributed by atoms with Crippen LogP contribution in [0.5, 0.6) is 0 Å². The number of nitrogens with zero attached hydrogens (tertiary/aromatic N) is 1. The summed E-state index contributed by atoms with van der Waals surface area (Å²) in [5, 5.41) is 5.05. The van der Waals surface area contributed by atoms with Crippen molar-refractivity contribution < 1.29 is 14.3 Å². The number of primary amides is 1. The normalized spacial score (nSPS) is 19.1. The molecule has 0 bridgehead atoms. The smallest absolute Gasteiger partial charge is 0.251 e. The molecule has 3 N–H and O–H groups in total. The van der Waals surface area contributed by atoms with Crippen molar-refractivity contribution in [2.45, 2.75) is 19.1 Å². The molecule has 1 fully saturated rings. The number of halogens is 1. The molecule has 3 rings (SSSR count). The van der Waals surface area contributed by atoms with Crippen molar-refractivity contribution in [2.75, 3.05) is 25.0 Å². The van der Waals surface area contributed by atoms with E-state index in [-0.39, 0.29) is 18.1 Å². The number of hydrogen-bond donors (Lipinski definition) is 2. The van der Waals surface area contributed by atoms with E-state index in [0.717, 1.165) is 10.0 Å². The molecule has 2 aromatic rings. The number of thiophene rings is 1. The molecular weight excluding hydrogens is 418 g/mol. The van der Waals surface area contributed by atoms with Gasteiger partial charge in [0.25, 0.3) is 5.91 Å². The summed E-state index contributed by atoms with van der Waals surface area (Å²) in [5.41, 5.74) is 6.75. The number of anilines is 1. The van der Waals surface area contributed by atoms with Gasteiger partial charge < -0.3 is 15.8 Å². The van der Waals surface area contributed by atoms with Crippen molar-refractivity contribution in [3.63, 3.8) is 0 Å². The van der Waals surface area contributed by atoms with Crippen LogP contribution in [0, 0.1) is 0 Å². The minimum absolute atomic E-state index is 0.0839. The minimum atomic E-state index is -0.546. The Hall–Kier alpha value is -1.74. The lowest BCUT2D eigenvalue weighted by molar-refractivity contribution is -0.124. The number of amides is 2. The fourth-order valence-electron chi connectivity index (χ4n) is 2.91. The third-order valence-electron chi connectivity index (χ3n) is 4.41. The predicted octanol–water partition coefficient (Wildman–Crippen LogP) is 3.01. The molecule has 8 heteroatoms. The summed E-state index contributed by atoms with van der Waals surface area (Å²) in [5.74, 6) is -0.708. The predicted molar refractivity (Wildman–Crippen MR) is 105 cm³/mol. The number of nitrogens with one attached hydrogen (secondary N) is 1. The van der Waals surface area contributed by atoms with Crippen LogP contribution in [-0.4, -0.2) is 42.5 Å². The second kappa shape index (κ2) is 8.30. The van der Waals surface area contributed by atoms with Gasteiger partial charge in [0.2, 0.25) is 5.91 Å². The van der Waals surface area contributed by atoms with Crippen LogP contribution in [-0.2, 0) is 9.53 Å². The van der Waals surface area contributed by atoms with Crippen LogP contribution in [0.4, 0.5) is 5.00 Å². The maximum Gasteiger partial charge on any atom is 0.251 e. The summed E-state index contributed by atoms with van der Waals surface area (Å²) in [7, 11) is 0. The third kappa shape index (κ3) is 4.32. The number of carbonyl (C=O) groups is 2. The van der Waals surface area contributed by atoms with E-state index in [4.69, 9.17) is 10.5 Å². The van der Waals surface area contributed by atoms with Crippen LogP contribution < -0.4 is 11.1 Å². The third-order valence-corrected chi connectivity index (χ3v) is 5.74. The first-order valence-corrected chi connectivity index (χ1v) is 9.92. The zero-order valence-electron chi connectivity index (χ0n) is 14.3. The van der Waals surface area contributed by atoms with E-state index in [9.17, 15) is 9.59 Å². The van der Waals surface area contributed by atoms with Gasteiger partial charge in [-0.15, -0.1) is 11.3 Å². The molecule has 1 aromatic carbocycles. The Bertz CT molecular complexity index is 810. The summed E-state index contributed by atoms with van der Waals surface area (Å²) < 4.78 is 6.88. The van der Waals surface area contributed by atoms with Crippen molar-refractivity contribution in [2.24, 2.45) is 5.73 Å². The van der Waals surface area contributed by atoms with Gasteiger partial charge in [0, 0.05) is 17.6 Å². The molecule has 138 valence electrons. The van der Waals surface area contributed by atoms with Gasteiger partial charge in [0.05, 0.1) is 24.3 Å². The summed E-state index contributed by atoms with van der Waals surface area (Å²) in [4.78, 5) is 26.1. The molecule has 0 spiro atoms. The molecule has 1 aromatic heterocycles. The first kappa shape index (κ1) is 19.0. The second-order valence-corrected chi connectivity index (χ2v) is 7.93. The fourth-order valence-corrected chi connectivity index (χ4v) is 4.12. The van der Waals surface area contributed by atoms with E-state index in [1.165, 1.54) is 11.3 Å². The van der Waals surface area contributed by atoms with Crippen LogP contribution in [0.1, 0.15) is 28.9 Å². The molecule has 2 atom stereocenters. The summed E-state index contributed by atoms with van der Waals surface area (Å²) in [6.07, 6.45) is -0.0839. The van der Waals surface area contributed by atoms with Crippen molar-refractivity contribution in [1.29, 1.82) is 0 Å². The summed E-state index contributed by atoms with van der Waals surface area (Å²) >= 11 is 4.77. The van der Waals surface area contributed by atoms with Crippen LogP contribution >= 0.6 is 27.3 Å². The number of benzene rings is 1. The number of carbonyl (C=O) groups excluding carboxylic acids is 2. The Kier molecular flexibility index (Phi) is 6.08. The number of ether oxygens (including phenoxy) is 1. The van der Waals surface area contributed by atoms with Gasteiger partial charge in [0.15, 0.2) is 0 Å². The van der Waals surface area contributed by atoms with E-state index in [1.807, 2.05) is 31.2 Å². The summed E-state index contributed by atoms with van der Waals surface area (Å²) in [6.45, 7) is 3.71. The zero-order chi connectivity index (χ0) is 18.7. The molecule has 1 saturated heterocycles. The molecule has 0 radical (unpaired) electrons. The lowest BCUT2D eigenvalue weighted by Gasteiger charge is -2.36. The van der Waals surface area contributed by atoms with Crippen LogP contribution in [0.25, 0.3) is 0 Å². The van der Waals surface area contributed by atoms with Crippen LogP contribution in [0.2, 0.25) is 0 Å². The lowest BCUT2D eigenvalue weighted by Crippen LogP contribution is -2.48. The van der Waals surface area contributed by atoms with E-state index in [1.54, 1.807) is 11.4 Å². The SMILES string of the molecule is CC(C(=O)Nc1sccc1C(N)=O)N1CCOC(c2cccc(Br)c2)C1. The van der Waals surface area contributed by atoms with Gasteiger partial charge in [-0.25, -0.2) is 0 Å². The molecule has 1 aliphatic rings. The Balaban J connectivity index is 1.66. The van der Waals surface area contributed by atoms with E-state index in [2.05, 4.69) is 26.1 Å². The van der Waals surface area contributed by atoms with E-state index < -0.39 is 5.91 Å². The number of morpholine rings is 1. The second-order valence-electron chi connectivity index (χ2n) is 6.10. The maximum atomic E-state index is 12.6. The Morgan fingerprint density at radius 2 is 2.23 bits per heavy atom. The minimum Gasteiger partial charge on any atom is -0.371 e. The monoisotopic (exact) mass is 437 g/mol. The zero-order valence-corrected chi connectivity index (χ0v) is 16.7. The van der Waals surface area contributed by atoms with Gasteiger partial charge >= 0.3 is 0 Å². The first-order valence-electron chi connectivity index (χ1n) is 8.25. The van der Waals surface area contributed by atoms with Crippen molar-refractivity contribution in [1.82, 2.24) is 4.90 Å². The Morgan fingerprint density at radius 3 is 2.96 bits per heavy atom. The topological polar surface area (TPSA) is 84.7 Å². The number of rotatable bonds is 5. The van der Waals surface area contributed by atoms with E-state index in [0.29, 0.717) is 30.3 Å². The Labute approximate surface area is 164 Å². The van der Waals surface area contributed by atoms with Crippen LogP contribution in [0.3, 0.4) is 0 Å². The standard InChI is InChI=1S/C18H20BrN3O3S/c1-11(17(24)21-18-14(16(20)23)5-8-26-18)22-6-7-25-15(10-22)12-3-2-4-13(19)9-12/h2-5,8-9,11,15H,6-7,10H2,1H3,(H2,20,23)(H,21,24). The lowest BCUT2D eigenvalue weighted by atomic mass is 10.1. The largest absolute Gasteiger partial charge is 0.371 e. The average molecular weight is 438 g/mol. The molecule has 26 heavy (non-hydrogen) atoms. The molecule has 2 unspecified atom stereocenters. The molecule has 6 nitrogen and oxygen atoms in total. The van der Waals surface area contributed by atoms with Gasteiger partial charge in [-0.05, 0) is 36.1 Å². The van der Waals surface area contributed by atoms with Gasteiger partial charge in [0.1, 0.15) is 5.00 Å². The highest BCUT2D eigenvalue weighted by Crippen LogP contribution is 2.27. The van der Waals surface area contributed by atoms with Crippen LogP contribution in [0.15, 0.2) is 40.2 Å². The molecule has 1 aliphatic heterocycles. The molecular formula is C18H20BrN3O3S. The number of nitrogens with two attached hydrogens (primary N) is 1. The first-order chi connectivity index (χ1) is 12.5. The van der Waals surface area contributed by atoms with Crippen molar-refractivity contribution in [3.8, 4) is 0 Å². The Morgan fingerprint density at radius 1 is 1.42 bits per heavy atom. The average Bonchev–Trinajstić information content (AvgIpc) is 3.09.